The number of carbonyl (C=O) groups excluding carboxylic acids is 3. The Morgan fingerprint density at radius 1 is 1.24 bits per heavy atom. The average molecular weight is 415 g/mol. The minimum Gasteiger partial charge on any atom is -0.454 e. The van der Waals surface area contributed by atoms with E-state index in [-0.39, 0.29) is 19.2 Å². The van der Waals surface area contributed by atoms with Crippen LogP contribution in [-0.2, 0) is 19.1 Å². The molecule has 2 aromatic carbocycles. The third-order valence-corrected chi connectivity index (χ3v) is 4.55. The van der Waals surface area contributed by atoms with Crippen molar-refractivity contribution in [1.29, 1.82) is 0 Å². The van der Waals surface area contributed by atoms with Gasteiger partial charge in [-0.2, -0.15) is 0 Å². The van der Waals surface area contributed by atoms with Crippen molar-refractivity contribution in [2.24, 2.45) is 0 Å². The summed E-state index contributed by atoms with van der Waals surface area (Å²) in [4.78, 5) is 37.5. The Morgan fingerprint density at radius 3 is 2.93 bits per heavy atom. The van der Waals surface area contributed by atoms with Crippen molar-refractivity contribution in [3.05, 3.63) is 53.1 Å². The molecule has 2 aliphatic rings. The van der Waals surface area contributed by atoms with E-state index in [1.165, 1.54) is 17.1 Å². The maximum Gasteiger partial charge on any atom is 0.331 e. The second-order valence-electron chi connectivity index (χ2n) is 6.22. The molecular weight excluding hydrogens is 400 g/mol. The van der Waals surface area contributed by atoms with Crippen LogP contribution in [0.1, 0.15) is 5.56 Å². The Bertz CT molecular complexity index is 1040. The van der Waals surface area contributed by atoms with E-state index < -0.39 is 18.5 Å². The lowest BCUT2D eigenvalue weighted by molar-refractivity contribution is -0.143. The summed E-state index contributed by atoms with van der Waals surface area (Å²) in [5.74, 6) is -0.574. The lowest BCUT2D eigenvalue weighted by atomic mass is 10.2. The van der Waals surface area contributed by atoms with E-state index in [1.807, 2.05) is 0 Å². The highest BCUT2D eigenvalue weighted by Crippen LogP contribution is 2.40. The topological polar surface area (TPSA) is 94.2 Å². The molecule has 0 saturated carbocycles. The van der Waals surface area contributed by atoms with Gasteiger partial charge in [0.05, 0.1) is 16.4 Å². The molecule has 0 fully saturated rings. The van der Waals surface area contributed by atoms with Crippen molar-refractivity contribution in [3.63, 3.8) is 0 Å². The molecule has 2 aliphatic heterocycles. The van der Waals surface area contributed by atoms with Crippen LogP contribution in [0.15, 0.2) is 42.5 Å². The van der Waals surface area contributed by atoms with E-state index in [0.717, 1.165) is 0 Å². The molecule has 2 aromatic rings. The number of nitrogens with zero attached hydrogens (tertiary/aromatic N) is 1. The van der Waals surface area contributed by atoms with E-state index in [4.69, 9.17) is 25.8 Å². The predicted octanol–water partition coefficient (Wildman–Crippen LogP) is 2.61. The first kappa shape index (κ1) is 18.8. The normalized spacial score (nSPS) is 14.5. The molecule has 0 atom stereocenters. The molecule has 4 rings (SSSR count). The number of fused-ring (bicyclic) bond motifs is 2. The molecule has 0 bridgehead atoms. The molecule has 9 heteroatoms. The number of ether oxygens (including phenoxy) is 3. The van der Waals surface area contributed by atoms with Crippen molar-refractivity contribution in [2.75, 3.05) is 30.2 Å². The second-order valence-corrected chi connectivity index (χ2v) is 6.63. The van der Waals surface area contributed by atoms with E-state index in [0.29, 0.717) is 33.5 Å². The summed E-state index contributed by atoms with van der Waals surface area (Å²) in [7, 11) is 0. The van der Waals surface area contributed by atoms with Gasteiger partial charge < -0.3 is 19.5 Å². The molecule has 0 aliphatic carbocycles. The van der Waals surface area contributed by atoms with Crippen molar-refractivity contribution < 1.29 is 28.6 Å². The third kappa shape index (κ3) is 4.02. The highest BCUT2D eigenvalue weighted by Gasteiger charge is 2.27. The number of anilines is 2. The van der Waals surface area contributed by atoms with Gasteiger partial charge >= 0.3 is 5.97 Å². The van der Waals surface area contributed by atoms with Gasteiger partial charge in [0.2, 0.25) is 12.7 Å². The van der Waals surface area contributed by atoms with E-state index in [2.05, 4.69) is 5.32 Å². The van der Waals surface area contributed by atoms with Crippen molar-refractivity contribution >= 4 is 46.8 Å². The number of halogens is 1. The van der Waals surface area contributed by atoms with Crippen molar-refractivity contribution in [1.82, 2.24) is 0 Å². The minimum absolute atomic E-state index is 0.0873. The number of nitrogens with one attached hydrogen (secondary N) is 1. The average Bonchev–Trinajstić information content (AvgIpc) is 3.19. The van der Waals surface area contributed by atoms with Gasteiger partial charge in [-0.3, -0.25) is 14.5 Å². The van der Waals surface area contributed by atoms with Gasteiger partial charge in [-0.25, -0.2) is 4.79 Å². The molecular formula is C20H15ClN2O6. The number of para-hydroxylation sites is 2. The first-order valence-electron chi connectivity index (χ1n) is 8.64. The van der Waals surface area contributed by atoms with Crippen LogP contribution < -0.4 is 19.7 Å². The zero-order chi connectivity index (χ0) is 20.4. The molecule has 2 amide bonds. The Morgan fingerprint density at radius 2 is 2.07 bits per heavy atom. The van der Waals surface area contributed by atoms with Gasteiger partial charge in [0.15, 0.2) is 18.1 Å². The van der Waals surface area contributed by atoms with E-state index in [1.54, 1.807) is 36.4 Å². The summed E-state index contributed by atoms with van der Waals surface area (Å²) in [6.45, 7) is -0.546. The van der Waals surface area contributed by atoms with Crippen LogP contribution >= 0.6 is 11.6 Å². The molecule has 0 aromatic heterocycles. The summed E-state index contributed by atoms with van der Waals surface area (Å²) >= 11 is 6.09. The number of amides is 2. The van der Waals surface area contributed by atoms with Gasteiger partial charge in [0, 0.05) is 6.08 Å². The lowest BCUT2D eigenvalue weighted by Gasteiger charge is -2.28. The summed E-state index contributed by atoms with van der Waals surface area (Å²) in [5, 5.41) is 3.05. The van der Waals surface area contributed by atoms with Gasteiger partial charge in [0.1, 0.15) is 6.54 Å². The Labute approximate surface area is 170 Å². The van der Waals surface area contributed by atoms with Crippen LogP contribution in [0.2, 0.25) is 5.02 Å². The second kappa shape index (κ2) is 7.84. The van der Waals surface area contributed by atoms with Gasteiger partial charge in [-0.1, -0.05) is 23.7 Å². The zero-order valence-corrected chi connectivity index (χ0v) is 15.8. The number of benzene rings is 2. The van der Waals surface area contributed by atoms with Gasteiger partial charge in [0.25, 0.3) is 5.91 Å². The Balaban J connectivity index is 1.38. The number of rotatable bonds is 4. The number of hydrogen-bond donors (Lipinski definition) is 1. The largest absolute Gasteiger partial charge is 0.454 e. The fourth-order valence-corrected chi connectivity index (χ4v) is 3.24. The number of carbonyl (C=O) groups is 3. The van der Waals surface area contributed by atoms with Crippen molar-refractivity contribution in [2.45, 2.75) is 0 Å². The highest BCUT2D eigenvalue weighted by atomic mass is 35.5. The standard InChI is InChI=1S/C20H15ClN2O6/c21-13-7-12(8-16-20(13)29-11-28-16)5-6-19(26)27-10-18(25)23-9-17(24)22-14-3-1-2-4-15(14)23/h1-8H,9-11H2,(H,22,24)/b6-5+. The minimum atomic E-state index is -0.707. The zero-order valence-electron chi connectivity index (χ0n) is 15.0. The first-order valence-corrected chi connectivity index (χ1v) is 9.02. The lowest BCUT2D eigenvalue weighted by Crippen LogP contribution is -2.43. The van der Waals surface area contributed by atoms with Crippen LogP contribution in [0.25, 0.3) is 6.08 Å². The molecule has 8 nitrogen and oxygen atoms in total. The van der Waals surface area contributed by atoms with Crippen LogP contribution in [0.3, 0.4) is 0 Å². The van der Waals surface area contributed by atoms with Crippen molar-refractivity contribution in [3.8, 4) is 11.5 Å². The molecule has 0 spiro atoms. The smallest absolute Gasteiger partial charge is 0.331 e. The molecule has 2 heterocycles. The number of esters is 1. The molecule has 0 unspecified atom stereocenters. The third-order valence-electron chi connectivity index (χ3n) is 4.27. The summed E-state index contributed by atoms with van der Waals surface area (Å²) in [5.41, 5.74) is 1.70. The first-order chi connectivity index (χ1) is 14.0. The summed E-state index contributed by atoms with van der Waals surface area (Å²) < 4.78 is 15.5. The van der Waals surface area contributed by atoms with E-state index in [9.17, 15) is 14.4 Å². The van der Waals surface area contributed by atoms with Crippen LogP contribution in [0.5, 0.6) is 11.5 Å². The fraction of sp³-hybridized carbons (Fsp3) is 0.150. The summed E-state index contributed by atoms with van der Waals surface area (Å²) in [6, 6.07) is 10.2. The SMILES string of the molecule is O=C1CN(C(=O)COC(=O)/C=C/c2cc(Cl)c3c(c2)OCO3)c2ccccc2N1. The molecule has 1 N–H and O–H groups in total. The van der Waals surface area contributed by atoms with Crippen LogP contribution in [-0.4, -0.2) is 37.7 Å². The van der Waals surface area contributed by atoms with Gasteiger partial charge in [-0.05, 0) is 35.9 Å². The molecule has 0 saturated heterocycles. The number of hydrogen-bond acceptors (Lipinski definition) is 6. The maximum atomic E-state index is 12.5. The molecule has 148 valence electrons. The summed E-state index contributed by atoms with van der Waals surface area (Å²) in [6.07, 6.45) is 2.67. The van der Waals surface area contributed by atoms with Crippen LogP contribution in [0, 0.1) is 0 Å². The van der Waals surface area contributed by atoms with Crippen LogP contribution in [0.4, 0.5) is 11.4 Å². The Hall–Kier alpha value is -3.52. The molecule has 0 radical (unpaired) electrons. The van der Waals surface area contributed by atoms with E-state index >= 15 is 0 Å². The molecule has 29 heavy (non-hydrogen) atoms. The Kier molecular flexibility index (Phi) is 5.09. The fourth-order valence-electron chi connectivity index (χ4n) is 2.96. The monoisotopic (exact) mass is 414 g/mol. The van der Waals surface area contributed by atoms with Gasteiger partial charge in [-0.15, -0.1) is 0 Å². The predicted molar refractivity (Wildman–Crippen MR) is 105 cm³/mol. The quantitative estimate of drug-likeness (QED) is 0.610. The highest BCUT2D eigenvalue weighted by molar-refractivity contribution is 6.32. The maximum absolute atomic E-state index is 12.5.